The molecule has 2 aromatic rings. The van der Waals surface area contributed by atoms with Gasteiger partial charge in [0.05, 0.1) is 29.9 Å². The first-order valence-corrected chi connectivity index (χ1v) is 7.49. The number of anilines is 1. The van der Waals surface area contributed by atoms with Crippen LogP contribution in [0.1, 0.15) is 29.5 Å². The molecule has 1 aliphatic rings. The Bertz CT molecular complexity index is 929. The average molecular weight is 368 g/mol. The van der Waals surface area contributed by atoms with Crippen LogP contribution in [-0.2, 0) is 4.79 Å². The van der Waals surface area contributed by atoms with E-state index in [0.717, 1.165) is 11.1 Å². The number of carbonyl (C=O) groups is 1. The van der Waals surface area contributed by atoms with Gasteiger partial charge in [-0.3, -0.25) is 9.89 Å². The SMILES string of the molecule is [C-]#[N+]C1=C(C(C)=O)Nc2[nH]ncc2C1c1cccc(C#N)c1Br. The second-order valence-electron chi connectivity index (χ2n) is 5.01. The molecule has 2 N–H and O–H groups in total. The lowest BCUT2D eigenvalue weighted by atomic mass is 9.85. The van der Waals surface area contributed by atoms with Crippen LogP contribution in [-0.4, -0.2) is 16.0 Å². The summed E-state index contributed by atoms with van der Waals surface area (Å²) in [5.74, 6) is -0.111. The number of hydrogen-bond donors (Lipinski definition) is 2. The molecule has 1 aromatic heterocycles. The van der Waals surface area contributed by atoms with E-state index in [4.69, 9.17) is 6.57 Å². The molecule has 0 fully saturated rings. The van der Waals surface area contributed by atoms with Gasteiger partial charge < -0.3 is 5.32 Å². The van der Waals surface area contributed by atoms with Gasteiger partial charge in [-0.05, 0) is 34.5 Å². The fourth-order valence-corrected chi connectivity index (χ4v) is 3.24. The number of aromatic amines is 1. The van der Waals surface area contributed by atoms with E-state index in [9.17, 15) is 10.1 Å². The molecule has 0 saturated heterocycles. The number of rotatable bonds is 2. The average Bonchev–Trinajstić information content (AvgIpc) is 3.01. The van der Waals surface area contributed by atoms with Gasteiger partial charge in [-0.25, -0.2) is 4.85 Å². The number of aromatic nitrogens is 2. The van der Waals surface area contributed by atoms with Crippen LogP contribution in [0.5, 0.6) is 0 Å². The Morgan fingerprint density at radius 3 is 2.91 bits per heavy atom. The molecule has 0 bridgehead atoms. The maximum absolute atomic E-state index is 11.9. The van der Waals surface area contributed by atoms with E-state index < -0.39 is 5.92 Å². The van der Waals surface area contributed by atoms with Crippen molar-refractivity contribution in [2.75, 3.05) is 5.32 Å². The molecule has 0 spiro atoms. The van der Waals surface area contributed by atoms with E-state index in [1.54, 1.807) is 18.3 Å². The van der Waals surface area contributed by atoms with Crippen LogP contribution < -0.4 is 5.32 Å². The number of H-pyrrole nitrogens is 1. The molecule has 0 saturated carbocycles. The molecule has 3 rings (SSSR count). The number of carbonyl (C=O) groups excluding carboxylic acids is 1. The van der Waals surface area contributed by atoms with E-state index in [0.29, 0.717) is 21.6 Å². The van der Waals surface area contributed by atoms with Crippen LogP contribution in [0.3, 0.4) is 0 Å². The summed E-state index contributed by atoms with van der Waals surface area (Å²) in [5.41, 5.74) is 2.52. The second kappa shape index (κ2) is 5.71. The molecular formula is C16H10BrN5O. The van der Waals surface area contributed by atoms with Crippen LogP contribution in [0.25, 0.3) is 4.85 Å². The number of nitrogens with one attached hydrogen (secondary N) is 2. The molecule has 1 atom stereocenters. The number of fused-ring (bicyclic) bond motifs is 1. The van der Waals surface area contributed by atoms with Gasteiger partial charge in [0.1, 0.15) is 11.9 Å². The first-order chi connectivity index (χ1) is 11.1. The predicted octanol–water partition coefficient (Wildman–Crippen LogP) is 3.32. The molecule has 0 aliphatic carbocycles. The van der Waals surface area contributed by atoms with Gasteiger partial charge in [-0.15, -0.1) is 0 Å². The topological polar surface area (TPSA) is 85.9 Å². The van der Waals surface area contributed by atoms with Crippen molar-refractivity contribution in [3.63, 3.8) is 0 Å². The number of nitriles is 1. The molecule has 0 amide bonds. The molecule has 1 unspecified atom stereocenters. The number of ketones is 1. The normalized spacial score (nSPS) is 16.1. The number of nitrogens with zero attached hydrogens (tertiary/aromatic N) is 3. The van der Waals surface area contributed by atoms with Crippen LogP contribution in [0.4, 0.5) is 5.82 Å². The monoisotopic (exact) mass is 367 g/mol. The summed E-state index contributed by atoms with van der Waals surface area (Å²) in [5, 5.41) is 19.0. The zero-order chi connectivity index (χ0) is 16.6. The van der Waals surface area contributed by atoms with Gasteiger partial charge in [-0.2, -0.15) is 10.4 Å². The molecule has 23 heavy (non-hydrogen) atoms. The van der Waals surface area contributed by atoms with Crippen molar-refractivity contribution in [1.82, 2.24) is 10.2 Å². The summed E-state index contributed by atoms with van der Waals surface area (Å²) in [6, 6.07) is 7.40. The highest BCUT2D eigenvalue weighted by Gasteiger charge is 2.34. The summed E-state index contributed by atoms with van der Waals surface area (Å²) in [4.78, 5) is 15.5. The van der Waals surface area contributed by atoms with Crippen molar-refractivity contribution in [1.29, 1.82) is 5.26 Å². The predicted molar refractivity (Wildman–Crippen MR) is 87.2 cm³/mol. The van der Waals surface area contributed by atoms with Gasteiger partial charge in [0.2, 0.25) is 5.70 Å². The molecule has 2 heterocycles. The summed E-state index contributed by atoms with van der Waals surface area (Å²) in [6.45, 7) is 8.94. The Morgan fingerprint density at radius 1 is 1.48 bits per heavy atom. The number of hydrogen-bond acceptors (Lipinski definition) is 4. The first-order valence-electron chi connectivity index (χ1n) is 6.69. The van der Waals surface area contributed by atoms with Gasteiger partial charge in [-0.1, -0.05) is 12.1 Å². The Labute approximate surface area is 140 Å². The summed E-state index contributed by atoms with van der Waals surface area (Å²) >= 11 is 3.45. The van der Waals surface area contributed by atoms with Crippen LogP contribution in [0, 0.1) is 17.9 Å². The van der Waals surface area contributed by atoms with Crippen LogP contribution >= 0.6 is 15.9 Å². The molecule has 6 nitrogen and oxygen atoms in total. The van der Waals surface area contributed by atoms with E-state index in [-0.39, 0.29) is 11.5 Å². The van der Waals surface area contributed by atoms with E-state index in [2.05, 4.69) is 42.4 Å². The lowest BCUT2D eigenvalue weighted by Gasteiger charge is -2.26. The smallest absolute Gasteiger partial charge is 0.203 e. The fourth-order valence-electron chi connectivity index (χ4n) is 2.66. The Balaban J connectivity index is 2.31. The van der Waals surface area contributed by atoms with E-state index in [1.807, 2.05) is 6.07 Å². The van der Waals surface area contributed by atoms with Crippen molar-refractivity contribution in [3.8, 4) is 6.07 Å². The van der Waals surface area contributed by atoms with Gasteiger partial charge >= 0.3 is 0 Å². The maximum Gasteiger partial charge on any atom is 0.203 e. The van der Waals surface area contributed by atoms with Crippen molar-refractivity contribution in [2.45, 2.75) is 12.8 Å². The van der Waals surface area contributed by atoms with E-state index in [1.165, 1.54) is 6.92 Å². The summed E-state index contributed by atoms with van der Waals surface area (Å²) < 4.78 is 0.616. The largest absolute Gasteiger partial charge is 0.347 e. The fraction of sp³-hybridized carbons (Fsp3) is 0.125. The van der Waals surface area contributed by atoms with Crippen LogP contribution in [0.2, 0.25) is 0 Å². The maximum atomic E-state index is 11.9. The summed E-state index contributed by atoms with van der Waals surface area (Å²) in [7, 11) is 0. The Hall–Kier alpha value is -2.90. The first kappa shape index (κ1) is 15.0. The Kier molecular flexibility index (Phi) is 3.73. The van der Waals surface area contributed by atoms with Gasteiger partial charge in [0, 0.05) is 10.0 Å². The number of halogens is 1. The van der Waals surface area contributed by atoms with Gasteiger partial charge in [0.25, 0.3) is 0 Å². The third-order valence-corrected chi connectivity index (χ3v) is 4.58. The lowest BCUT2D eigenvalue weighted by Crippen LogP contribution is -2.21. The molecular weight excluding hydrogens is 358 g/mol. The van der Waals surface area contributed by atoms with Crippen molar-refractivity contribution >= 4 is 27.5 Å². The summed E-state index contributed by atoms with van der Waals surface area (Å²) in [6.07, 6.45) is 1.63. The Morgan fingerprint density at radius 2 is 2.26 bits per heavy atom. The standard InChI is InChI=1S/C16H10BrN5O/c1-8(23)14-15(19-2)12(11-7-20-22-16(11)21-14)10-5-3-4-9(6-18)13(10)17/h3-5,7,12H,1H3,(H2,20,21,22). The molecule has 1 aliphatic heterocycles. The molecule has 0 radical (unpaired) electrons. The van der Waals surface area contributed by atoms with Crippen molar-refractivity contribution in [3.05, 3.63) is 68.4 Å². The highest BCUT2D eigenvalue weighted by molar-refractivity contribution is 9.10. The molecule has 1 aromatic carbocycles. The minimum Gasteiger partial charge on any atom is -0.347 e. The zero-order valence-corrected chi connectivity index (χ0v) is 13.6. The van der Waals surface area contributed by atoms with Gasteiger partial charge in [0.15, 0.2) is 5.78 Å². The highest BCUT2D eigenvalue weighted by atomic mass is 79.9. The van der Waals surface area contributed by atoms with Crippen molar-refractivity contribution in [2.24, 2.45) is 0 Å². The molecule has 7 heteroatoms. The minimum atomic E-state index is -0.468. The third-order valence-electron chi connectivity index (χ3n) is 3.69. The van der Waals surface area contributed by atoms with Crippen LogP contribution in [0.15, 0.2) is 40.3 Å². The number of benzene rings is 1. The lowest BCUT2D eigenvalue weighted by molar-refractivity contribution is -0.113. The number of allylic oxidation sites excluding steroid dienone is 2. The highest BCUT2D eigenvalue weighted by Crippen LogP contribution is 2.44. The van der Waals surface area contributed by atoms with Crippen molar-refractivity contribution < 1.29 is 4.79 Å². The molecule has 112 valence electrons. The quantitative estimate of drug-likeness (QED) is 0.797. The number of Topliss-reactive ketones (excluding diaryl/α,β-unsaturated/α-hetero) is 1. The third kappa shape index (κ3) is 2.32. The second-order valence-corrected chi connectivity index (χ2v) is 5.80. The minimum absolute atomic E-state index is 0.228. The van der Waals surface area contributed by atoms with E-state index >= 15 is 0 Å². The zero-order valence-electron chi connectivity index (χ0n) is 12.0.